The molecule has 6 atom stereocenters. The van der Waals surface area contributed by atoms with Crippen molar-refractivity contribution in [3.63, 3.8) is 0 Å². The van der Waals surface area contributed by atoms with Crippen LogP contribution in [-0.4, -0.2) is 58.6 Å². The first kappa shape index (κ1) is 25.2. The van der Waals surface area contributed by atoms with Crippen LogP contribution < -0.4 is 17.2 Å². The van der Waals surface area contributed by atoms with Crippen molar-refractivity contribution in [2.45, 2.75) is 30.9 Å². The molecule has 9 N–H and O–H groups in total. The molecule has 1 aromatic heterocycles. The van der Waals surface area contributed by atoms with Gasteiger partial charge >= 0.3 is 29.2 Å². The van der Waals surface area contributed by atoms with Crippen molar-refractivity contribution in [1.29, 1.82) is 0 Å². The van der Waals surface area contributed by atoms with Gasteiger partial charge in [-0.1, -0.05) is 0 Å². The van der Waals surface area contributed by atoms with E-state index in [4.69, 9.17) is 30.9 Å². The number of phosphoric ester groups is 1. The molecule has 0 radical (unpaired) electrons. The summed E-state index contributed by atoms with van der Waals surface area (Å²) in [7, 11) is -16.7. The van der Waals surface area contributed by atoms with Crippen LogP contribution >= 0.6 is 23.5 Å². The maximum absolute atomic E-state index is 12.0. The predicted octanol–water partition coefficient (Wildman–Crippen LogP) is -1.86. The highest BCUT2D eigenvalue weighted by atomic mass is 31.3. The molecule has 1 fully saturated rings. The van der Waals surface area contributed by atoms with Crippen LogP contribution in [0.1, 0.15) is 13.2 Å². The number of phosphoric acid groups is 3. The summed E-state index contributed by atoms with van der Waals surface area (Å²) in [5.41, 5.74) is 8.90. The van der Waals surface area contributed by atoms with Gasteiger partial charge < -0.3 is 40.9 Å². The second-order valence-electron chi connectivity index (χ2n) is 6.27. The van der Waals surface area contributed by atoms with E-state index < -0.39 is 59.7 Å². The average molecular weight is 496 g/mol. The number of hydrogen-bond acceptors (Lipinski definition) is 12. The third kappa shape index (κ3) is 6.24. The lowest BCUT2D eigenvalue weighted by Crippen LogP contribution is -2.53. The number of aliphatic hydroxyl groups is 1. The van der Waals surface area contributed by atoms with Gasteiger partial charge in [-0.2, -0.15) is 13.6 Å². The number of nitrogen functional groups attached to an aromatic ring is 1. The molecule has 0 amide bonds. The van der Waals surface area contributed by atoms with Gasteiger partial charge in [0, 0.05) is 6.20 Å². The van der Waals surface area contributed by atoms with Crippen LogP contribution in [0.2, 0.25) is 0 Å². The first-order chi connectivity index (χ1) is 13.4. The Morgan fingerprint density at radius 1 is 1.23 bits per heavy atom. The summed E-state index contributed by atoms with van der Waals surface area (Å²) < 4.78 is 51.6. The number of ether oxygens (including phenoxy) is 1. The molecule has 0 saturated carbocycles. The molecular formula is C10H19N4O13P3. The molecule has 3 unspecified atom stereocenters. The highest BCUT2D eigenvalue weighted by Gasteiger charge is 2.53. The summed E-state index contributed by atoms with van der Waals surface area (Å²) in [5, 5.41) is 10.3. The second kappa shape index (κ2) is 8.48. The summed E-state index contributed by atoms with van der Waals surface area (Å²) in [4.78, 5) is 51.0. The van der Waals surface area contributed by atoms with Crippen LogP contribution in [0.3, 0.4) is 0 Å². The van der Waals surface area contributed by atoms with Crippen LogP contribution in [-0.2, 0) is 31.6 Å². The van der Waals surface area contributed by atoms with E-state index in [9.17, 15) is 28.5 Å². The minimum atomic E-state index is -5.70. The van der Waals surface area contributed by atoms with Crippen molar-refractivity contribution in [2.24, 2.45) is 5.73 Å². The molecular weight excluding hydrogens is 477 g/mol. The minimum absolute atomic E-state index is 0.0854. The topological polar surface area (TPSA) is 276 Å². The monoisotopic (exact) mass is 496 g/mol. The number of anilines is 1. The fraction of sp³-hybridized carbons (Fsp3) is 0.600. The average Bonchev–Trinajstić information content (AvgIpc) is 2.73. The predicted molar refractivity (Wildman–Crippen MR) is 95.2 cm³/mol. The zero-order valence-corrected chi connectivity index (χ0v) is 17.7. The molecule has 17 nitrogen and oxygen atoms in total. The van der Waals surface area contributed by atoms with Gasteiger partial charge in [-0.3, -0.25) is 9.09 Å². The van der Waals surface area contributed by atoms with Crippen LogP contribution in [0.5, 0.6) is 0 Å². The van der Waals surface area contributed by atoms with E-state index in [-0.39, 0.29) is 5.82 Å². The molecule has 0 spiro atoms. The maximum Gasteiger partial charge on any atom is 0.490 e. The number of hydrogen-bond donors (Lipinski definition) is 7. The Balaban J connectivity index is 2.12. The zero-order valence-electron chi connectivity index (χ0n) is 15.0. The molecule has 0 bridgehead atoms. The SMILES string of the molecule is C[C@@]1(N)[C@H](O)C(COP(=O)(O)OP(=O)(O)OP(=O)(O)O)O[C@H]1n1ccc(N)nc1=O. The summed E-state index contributed by atoms with van der Waals surface area (Å²) in [6, 6.07) is 1.26. The fourth-order valence-corrected chi connectivity index (χ4v) is 5.53. The van der Waals surface area contributed by atoms with Gasteiger partial charge in [0.1, 0.15) is 18.0 Å². The third-order valence-electron chi connectivity index (χ3n) is 3.75. The van der Waals surface area contributed by atoms with Crippen LogP contribution in [0.15, 0.2) is 17.1 Å². The highest BCUT2D eigenvalue weighted by molar-refractivity contribution is 7.66. The quantitative estimate of drug-likeness (QED) is 0.194. The van der Waals surface area contributed by atoms with Crippen LogP contribution in [0.4, 0.5) is 5.82 Å². The van der Waals surface area contributed by atoms with E-state index >= 15 is 0 Å². The smallest absolute Gasteiger partial charge is 0.388 e. The number of aliphatic hydroxyl groups excluding tert-OH is 1. The first-order valence-corrected chi connectivity index (χ1v) is 12.2. The van der Waals surface area contributed by atoms with Gasteiger partial charge in [0.05, 0.1) is 12.1 Å². The molecule has 0 aliphatic carbocycles. The van der Waals surface area contributed by atoms with Crippen molar-refractivity contribution in [3.8, 4) is 0 Å². The Bertz CT molecular complexity index is 992. The summed E-state index contributed by atoms with van der Waals surface area (Å²) >= 11 is 0. The zero-order chi connectivity index (χ0) is 23.1. The van der Waals surface area contributed by atoms with E-state index in [2.05, 4.69) is 18.1 Å². The lowest BCUT2D eigenvalue weighted by atomic mass is 9.93. The van der Waals surface area contributed by atoms with Crippen LogP contribution in [0.25, 0.3) is 0 Å². The van der Waals surface area contributed by atoms with Crippen molar-refractivity contribution in [2.75, 3.05) is 12.3 Å². The van der Waals surface area contributed by atoms with Crippen molar-refractivity contribution in [1.82, 2.24) is 9.55 Å². The van der Waals surface area contributed by atoms with Crippen molar-refractivity contribution < 1.29 is 56.3 Å². The number of nitrogens with two attached hydrogens (primary N) is 2. The fourth-order valence-electron chi connectivity index (χ4n) is 2.50. The van der Waals surface area contributed by atoms with Crippen molar-refractivity contribution >= 4 is 29.3 Å². The first-order valence-electron chi connectivity index (χ1n) is 7.69. The summed E-state index contributed by atoms with van der Waals surface area (Å²) in [6.45, 7) is 0.348. The number of aromatic nitrogens is 2. The summed E-state index contributed by atoms with van der Waals surface area (Å²) in [5.74, 6) is -0.0854. The van der Waals surface area contributed by atoms with Gasteiger partial charge in [0.2, 0.25) is 0 Å². The van der Waals surface area contributed by atoms with E-state index in [1.807, 2.05) is 0 Å². The van der Waals surface area contributed by atoms with Gasteiger partial charge in [0.15, 0.2) is 6.23 Å². The van der Waals surface area contributed by atoms with Crippen molar-refractivity contribution in [3.05, 3.63) is 22.7 Å². The second-order valence-corrected chi connectivity index (χ2v) is 10.7. The van der Waals surface area contributed by atoms with E-state index in [1.54, 1.807) is 0 Å². The van der Waals surface area contributed by atoms with E-state index in [1.165, 1.54) is 19.2 Å². The Morgan fingerprint density at radius 2 is 1.83 bits per heavy atom. The molecule has 20 heteroatoms. The Morgan fingerprint density at radius 3 is 2.37 bits per heavy atom. The summed E-state index contributed by atoms with van der Waals surface area (Å²) in [6.07, 6.45) is -3.15. The van der Waals surface area contributed by atoms with Gasteiger partial charge in [0.25, 0.3) is 0 Å². The molecule has 1 aromatic rings. The molecule has 30 heavy (non-hydrogen) atoms. The van der Waals surface area contributed by atoms with E-state index in [0.717, 1.165) is 4.57 Å². The number of nitrogens with zero attached hydrogens (tertiary/aromatic N) is 2. The Labute approximate surface area is 167 Å². The molecule has 0 aromatic carbocycles. The standard InChI is InChI=1S/C10H19N4O13P3/c1-10(12)7(15)5(25-8(10)14-3-2-6(11)13-9(14)16)4-24-29(20,21)27-30(22,23)26-28(17,18)19/h2-3,5,7-8,15H,4,12H2,1H3,(H,20,21)(H,22,23)(H2,11,13,16)(H2,17,18,19)/t5?,7-,8-,10-/m1/s1. The van der Waals surface area contributed by atoms with E-state index in [0.29, 0.717) is 0 Å². The van der Waals surface area contributed by atoms with Gasteiger partial charge in [-0.15, -0.1) is 0 Å². The lowest BCUT2D eigenvalue weighted by Gasteiger charge is -2.28. The Hall–Kier alpha value is -1.03. The molecule has 1 saturated heterocycles. The molecule has 172 valence electrons. The number of rotatable bonds is 8. The van der Waals surface area contributed by atoms with Gasteiger partial charge in [-0.05, 0) is 13.0 Å². The Kier molecular flexibility index (Phi) is 7.14. The lowest BCUT2D eigenvalue weighted by molar-refractivity contribution is -0.0477. The molecule has 1 aliphatic rings. The molecule has 2 rings (SSSR count). The maximum atomic E-state index is 12.0. The van der Waals surface area contributed by atoms with Crippen LogP contribution in [0, 0.1) is 0 Å². The largest absolute Gasteiger partial charge is 0.490 e. The third-order valence-corrected chi connectivity index (χ3v) is 7.55. The molecule has 1 aliphatic heterocycles. The van der Waals surface area contributed by atoms with Gasteiger partial charge in [-0.25, -0.2) is 18.5 Å². The normalized spacial score (nSPS) is 31.2. The molecule has 2 heterocycles. The highest BCUT2D eigenvalue weighted by Crippen LogP contribution is 2.66. The minimum Gasteiger partial charge on any atom is -0.388 e.